The molecule has 0 unspecified atom stereocenters. The maximum absolute atomic E-state index is 14.2. The molecule has 0 atom stereocenters. The molecule has 0 aliphatic heterocycles. The molecule has 0 fully saturated rings. The van der Waals surface area contributed by atoms with E-state index in [4.69, 9.17) is 0 Å². The van der Waals surface area contributed by atoms with Gasteiger partial charge in [-0.3, -0.25) is 0 Å². The third-order valence-corrected chi connectivity index (χ3v) is 14.6. The summed E-state index contributed by atoms with van der Waals surface area (Å²) in [4.78, 5) is 0. The van der Waals surface area contributed by atoms with Gasteiger partial charge in [0.05, 0.1) is 62.3 Å². The fourth-order valence-corrected chi connectivity index (χ4v) is 11.0. The van der Waals surface area contributed by atoms with Crippen molar-refractivity contribution in [2.75, 3.05) is 0 Å². The first kappa shape index (κ1) is 45.6. The number of aromatic nitrogens is 2. The second-order valence-corrected chi connectivity index (χ2v) is 19.0. The molecule has 0 bridgehead atoms. The van der Waals surface area contributed by atoms with E-state index in [1.807, 2.05) is 109 Å². The molecular weight excluding hydrogens is 942 g/mol. The van der Waals surface area contributed by atoms with Crippen molar-refractivity contribution in [3.63, 3.8) is 0 Å². The van der Waals surface area contributed by atoms with E-state index >= 15 is 0 Å². The molecule has 11 aromatic carbocycles. The summed E-state index contributed by atoms with van der Waals surface area (Å²) in [5.74, 6) is 0. The standard InChI is InChI=1S/C69H41F3N4/c70-69(71,72)55-27-30-56(54(36-55)43-74)53-22-29-58(68(41-53)76-65-33-25-51(47-17-9-3-10-18-47)39-61(65)62-40-52(26-34-66(62)76)48-19-11-4-12-20-48)57-28-21-44(42-73)35-67(57)75-63-31-23-49(45-13-5-1-6-14-45)37-59(63)60-38-50(24-32-64(60)75)46-15-7-2-8-16-46/h1-41H. The summed E-state index contributed by atoms with van der Waals surface area (Å²) in [5, 5.41) is 25.2. The van der Waals surface area contributed by atoms with Gasteiger partial charge in [-0.2, -0.15) is 23.7 Å². The number of halogens is 3. The number of rotatable bonds is 8. The minimum absolute atomic E-state index is 0.0927. The minimum atomic E-state index is -4.63. The lowest BCUT2D eigenvalue weighted by molar-refractivity contribution is -0.137. The highest BCUT2D eigenvalue weighted by Crippen LogP contribution is 2.45. The number of hydrogen-bond donors (Lipinski definition) is 0. The number of fused-ring (bicyclic) bond motifs is 6. The van der Waals surface area contributed by atoms with Crippen molar-refractivity contribution in [1.29, 1.82) is 10.5 Å². The van der Waals surface area contributed by atoms with Crippen LogP contribution in [0.1, 0.15) is 16.7 Å². The molecule has 0 aliphatic rings. The zero-order valence-electron chi connectivity index (χ0n) is 40.6. The van der Waals surface area contributed by atoms with Gasteiger partial charge < -0.3 is 9.13 Å². The summed E-state index contributed by atoms with van der Waals surface area (Å²) in [5.41, 5.74) is 15.7. The van der Waals surface area contributed by atoms with Crippen LogP contribution >= 0.6 is 0 Å². The van der Waals surface area contributed by atoms with Crippen molar-refractivity contribution >= 4 is 43.6 Å². The normalized spacial score (nSPS) is 11.6. The van der Waals surface area contributed by atoms with Gasteiger partial charge in [0.15, 0.2) is 0 Å². The summed E-state index contributed by atoms with van der Waals surface area (Å²) in [6, 6.07) is 86.7. The first-order valence-corrected chi connectivity index (χ1v) is 24.9. The predicted molar refractivity (Wildman–Crippen MR) is 302 cm³/mol. The Morgan fingerprint density at radius 2 is 0.658 bits per heavy atom. The van der Waals surface area contributed by atoms with Crippen LogP contribution in [0.2, 0.25) is 0 Å². The van der Waals surface area contributed by atoms with Crippen LogP contribution in [0.25, 0.3) is 122 Å². The van der Waals surface area contributed by atoms with Gasteiger partial charge in [-0.1, -0.05) is 170 Å². The van der Waals surface area contributed by atoms with Crippen molar-refractivity contribution in [2.24, 2.45) is 0 Å². The van der Waals surface area contributed by atoms with Crippen LogP contribution in [0.5, 0.6) is 0 Å². The zero-order valence-corrected chi connectivity index (χ0v) is 40.6. The Labute approximate surface area is 436 Å². The van der Waals surface area contributed by atoms with E-state index in [1.165, 1.54) is 6.07 Å². The van der Waals surface area contributed by atoms with E-state index < -0.39 is 11.7 Å². The van der Waals surface area contributed by atoms with Crippen LogP contribution in [0, 0.1) is 22.7 Å². The number of hydrogen-bond acceptors (Lipinski definition) is 2. The molecule has 0 spiro atoms. The maximum Gasteiger partial charge on any atom is 0.416 e. The van der Waals surface area contributed by atoms with Crippen LogP contribution in [0.3, 0.4) is 0 Å². The number of alkyl halides is 3. The van der Waals surface area contributed by atoms with E-state index in [9.17, 15) is 23.7 Å². The quantitative estimate of drug-likeness (QED) is 0.152. The molecule has 76 heavy (non-hydrogen) atoms. The lowest BCUT2D eigenvalue weighted by atomic mass is 9.93. The highest BCUT2D eigenvalue weighted by molar-refractivity contribution is 6.14. The Kier molecular flexibility index (Phi) is 11.0. The third-order valence-electron chi connectivity index (χ3n) is 14.6. The zero-order chi connectivity index (χ0) is 51.5. The molecule has 7 heteroatoms. The topological polar surface area (TPSA) is 57.4 Å². The molecule has 4 nitrogen and oxygen atoms in total. The average molecular weight is 983 g/mol. The van der Waals surface area contributed by atoms with E-state index in [1.54, 1.807) is 0 Å². The molecule has 0 radical (unpaired) electrons. The van der Waals surface area contributed by atoms with Gasteiger partial charge in [0.2, 0.25) is 0 Å². The van der Waals surface area contributed by atoms with Crippen molar-refractivity contribution in [3.8, 4) is 90.3 Å². The van der Waals surface area contributed by atoms with Crippen molar-refractivity contribution in [1.82, 2.24) is 9.13 Å². The second kappa shape index (κ2) is 18.4. The van der Waals surface area contributed by atoms with E-state index in [2.05, 4.69) is 143 Å². The van der Waals surface area contributed by atoms with Crippen LogP contribution in [-0.2, 0) is 6.18 Å². The molecule has 2 heterocycles. The Morgan fingerprint density at radius 3 is 1.03 bits per heavy atom. The van der Waals surface area contributed by atoms with Crippen LogP contribution < -0.4 is 0 Å². The van der Waals surface area contributed by atoms with Gasteiger partial charge in [-0.15, -0.1) is 0 Å². The highest BCUT2D eigenvalue weighted by Gasteiger charge is 2.31. The average Bonchev–Trinajstić information content (AvgIpc) is 4.01. The fourth-order valence-electron chi connectivity index (χ4n) is 11.0. The first-order chi connectivity index (χ1) is 37.2. The summed E-state index contributed by atoms with van der Waals surface area (Å²) >= 11 is 0. The van der Waals surface area contributed by atoms with Gasteiger partial charge in [0.25, 0.3) is 0 Å². The van der Waals surface area contributed by atoms with Crippen molar-refractivity contribution < 1.29 is 13.2 Å². The van der Waals surface area contributed by atoms with E-state index in [-0.39, 0.29) is 5.56 Å². The smallest absolute Gasteiger partial charge is 0.309 e. The van der Waals surface area contributed by atoms with Gasteiger partial charge in [-0.25, -0.2) is 0 Å². The second-order valence-electron chi connectivity index (χ2n) is 19.0. The van der Waals surface area contributed by atoms with Gasteiger partial charge in [-0.05, 0) is 134 Å². The Morgan fingerprint density at radius 1 is 0.303 bits per heavy atom. The molecule has 0 aliphatic carbocycles. The number of nitriles is 2. The summed E-state index contributed by atoms with van der Waals surface area (Å²) in [6.45, 7) is 0. The van der Waals surface area contributed by atoms with Crippen LogP contribution in [0.4, 0.5) is 13.2 Å². The van der Waals surface area contributed by atoms with E-state index in [0.717, 1.165) is 123 Å². The molecule has 358 valence electrons. The molecular formula is C69H41F3N4. The Hall–Kier alpha value is -10.2. The summed E-state index contributed by atoms with van der Waals surface area (Å²) < 4.78 is 47.0. The number of nitrogens with zero attached hydrogens (tertiary/aromatic N) is 4. The maximum atomic E-state index is 14.2. The Bertz CT molecular complexity index is 4310. The van der Waals surface area contributed by atoms with Crippen LogP contribution in [-0.4, -0.2) is 9.13 Å². The summed E-state index contributed by atoms with van der Waals surface area (Å²) in [6.07, 6.45) is -4.63. The molecule has 0 amide bonds. The lowest BCUT2D eigenvalue weighted by Gasteiger charge is -2.20. The van der Waals surface area contributed by atoms with E-state index in [0.29, 0.717) is 16.7 Å². The number of benzene rings is 11. The highest BCUT2D eigenvalue weighted by atomic mass is 19.4. The Balaban J connectivity index is 1.12. The van der Waals surface area contributed by atoms with Crippen molar-refractivity contribution in [3.05, 3.63) is 265 Å². The lowest BCUT2D eigenvalue weighted by Crippen LogP contribution is -2.05. The van der Waals surface area contributed by atoms with Crippen LogP contribution in [0.15, 0.2) is 249 Å². The third kappa shape index (κ3) is 7.87. The van der Waals surface area contributed by atoms with Gasteiger partial charge in [0, 0.05) is 32.7 Å². The predicted octanol–water partition coefficient (Wildman–Crippen LogP) is 18.6. The largest absolute Gasteiger partial charge is 0.416 e. The molecule has 0 saturated carbocycles. The fraction of sp³-hybridized carbons (Fsp3) is 0.0145. The molecule has 0 N–H and O–H groups in total. The molecule has 13 rings (SSSR count). The monoisotopic (exact) mass is 982 g/mol. The SMILES string of the molecule is N#Cc1ccc(-c2ccc(-c3ccc(C(F)(F)F)cc3C#N)cc2-n2c3ccc(-c4ccccc4)cc3c3cc(-c4ccccc4)ccc32)c(-n2c3ccc(-c4ccccc4)cc3c3cc(-c4ccccc4)ccc32)c1. The van der Waals surface area contributed by atoms with Gasteiger partial charge in [0.1, 0.15) is 0 Å². The van der Waals surface area contributed by atoms with Crippen molar-refractivity contribution in [2.45, 2.75) is 6.18 Å². The molecule has 0 saturated heterocycles. The first-order valence-electron chi connectivity index (χ1n) is 24.9. The van der Waals surface area contributed by atoms with Gasteiger partial charge >= 0.3 is 6.18 Å². The molecule has 13 aromatic rings. The summed E-state index contributed by atoms with van der Waals surface area (Å²) in [7, 11) is 0. The molecule has 2 aromatic heterocycles. The minimum Gasteiger partial charge on any atom is -0.309 e.